The lowest BCUT2D eigenvalue weighted by Crippen LogP contribution is -2.11. The lowest BCUT2D eigenvalue weighted by Gasteiger charge is -2.04. The van der Waals surface area contributed by atoms with Gasteiger partial charge >= 0.3 is 0 Å². The summed E-state index contributed by atoms with van der Waals surface area (Å²) in [6, 6.07) is 23.8. The molecule has 1 aliphatic rings. The second-order valence-corrected chi connectivity index (χ2v) is 8.28. The maximum Gasteiger partial charge on any atom is 0.231 e. The molecule has 0 aliphatic carbocycles. The van der Waals surface area contributed by atoms with Gasteiger partial charge in [0.1, 0.15) is 0 Å². The molecule has 7 heteroatoms. The van der Waals surface area contributed by atoms with E-state index >= 15 is 0 Å². The normalized spacial score (nSPS) is 13.3. The highest BCUT2D eigenvalue weighted by Crippen LogP contribution is 2.32. The Hall–Kier alpha value is -3.16. The van der Waals surface area contributed by atoms with Crippen molar-refractivity contribution in [3.63, 3.8) is 0 Å². The minimum Gasteiger partial charge on any atom is -0.454 e. The summed E-state index contributed by atoms with van der Waals surface area (Å²) in [6.07, 6.45) is 1.81. The first-order chi connectivity index (χ1) is 14.8. The van der Waals surface area contributed by atoms with Crippen molar-refractivity contribution in [2.24, 2.45) is 10.1 Å². The molecule has 3 aromatic carbocycles. The zero-order valence-corrected chi connectivity index (χ0v) is 18.1. The van der Waals surface area contributed by atoms with E-state index in [-0.39, 0.29) is 6.79 Å². The van der Waals surface area contributed by atoms with Gasteiger partial charge in [0.05, 0.1) is 17.6 Å². The molecule has 4 aromatic rings. The van der Waals surface area contributed by atoms with Gasteiger partial charge in [-0.2, -0.15) is 5.10 Å². The van der Waals surface area contributed by atoms with E-state index in [1.165, 1.54) is 0 Å². The van der Waals surface area contributed by atoms with E-state index < -0.39 is 0 Å². The first kappa shape index (κ1) is 18.8. The SMILES string of the molecule is Brc1cccc(-c2csc(=Nc3ccccc3)n2N=Cc2ccc3c(c2)OCO3)c1. The van der Waals surface area contributed by atoms with Crippen LogP contribution >= 0.6 is 27.3 Å². The smallest absolute Gasteiger partial charge is 0.231 e. The van der Waals surface area contributed by atoms with Crippen LogP contribution in [0.4, 0.5) is 5.69 Å². The standard InChI is InChI=1S/C23H16BrN3O2S/c24-18-6-4-5-17(12-18)20-14-30-23(26-19-7-2-1-3-8-19)27(20)25-13-16-9-10-21-22(11-16)29-15-28-21/h1-14H,15H2. The Morgan fingerprint density at radius 3 is 2.67 bits per heavy atom. The van der Waals surface area contributed by atoms with Crippen LogP contribution < -0.4 is 14.3 Å². The third-order valence-corrected chi connectivity index (χ3v) is 5.81. The van der Waals surface area contributed by atoms with Crippen molar-refractivity contribution < 1.29 is 9.47 Å². The van der Waals surface area contributed by atoms with Crippen molar-refractivity contribution in [3.8, 4) is 22.8 Å². The lowest BCUT2D eigenvalue weighted by molar-refractivity contribution is 0.174. The number of hydrogen-bond donors (Lipinski definition) is 0. The van der Waals surface area contributed by atoms with E-state index in [4.69, 9.17) is 19.6 Å². The fraction of sp³-hybridized carbons (Fsp3) is 0.0435. The fourth-order valence-corrected chi connectivity index (χ4v) is 4.32. The summed E-state index contributed by atoms with van der Waals surface area (Å²) in [7, 11) is 0. The first-order valence-electron chi connectivity index (χ1n) is 9.26. The van der Waals surface area contributed by atoms with Crippen LogP contribution in [0.15, 0.2) is 92.7 Å². The van der Waals surface area contributed by atoms with Crippen molar-refractivity contribution in [2.45, 2.75) is 0 Å². The third kappa shape index (κ3) is 3.94. The quantitative estimate of drug-likeness (QED) is 0.347. The van der Waals surface area contributed by atoms with Gasteiger partial charge in [-0.1, -0.05) is 46.3 Å². The molecule has 0 N–H and O–H groups in total. The van der Waals surface area contributed by atoms with Gasteiger partial charge in [-0.25, -0.2) is 9.67 Å². The van der Waals surface area contributed by atoms with Crippen molar-refractivity contribution in [1.82, 2.24) is 4.68 Å². The van der Waals surface area contributed by atoms with Crippen molar-refractivity contribution >= 4 is 39.2 Å². The maximum absolute atomic E-state index is 5.47. The van der Waals surface area contributed by atoms with Gasteiger partial charge in [0.2, 0.25) is 11.6 Å². The summed E-state index contributed by atoms with van der Waals surface area (Å²) in [5, 5.41) is 6.83. The Kier molecular flexibility index (Phi) is 5.21. The van der Waals surface area contributed by atoms with Crippen LogP contribution in [-0.4, -0.2) is 17.7 Å². The molecule has 0 radical (unpaired) electrons. The third-order valence-electron chi connectivity index (χ3n) is 4.51. The zero-order chi connectivity index (χ0) is 20.3. The summed E-state index contributed by atoms with van der Waals surface area (Å²) in [5.74, 6) is 1.49. The number of thiazole rings is 1. The minimum absolute atomic E-state index is 0.252. The van der Waals surface area contributed by atoms with Gasteiger partial charge in [0.25, 0.3) is 0 Å². The molecule has 0 amide bonds. The molecular formula is C23H16BrN3O2S. The van der Waals surface area contributed by atoms with Gasteiger partial charge < -0.3 is 9.47 Å². The van der Waals surface area contributed by atoms with Crippen LogP contribution in [-0.2, 0) is 0 Å². The number of aromatic nitrogens is 1. The summed E-state index contributed by atoms with van der Waals surface area (Å²) in [4.78, 5) is 5.58. The number of ether oxygens (including phenoxy) is 2. The highest BCUT2D eigenvalue weighted by Gasteiger charge is 2.13. The largest absolute Gasteiger partial charge is 0.454 e. The Labute approximate surface area is 185 Å². The number of fused-ring (bicyclic) bond motifs is 1. The van der Waals surface area contributed by atoms with Gasteiger partial charge in [-0.05, 0) is 48.0 Å². The van der Waals surface area contributed by atoms with E-state index in [9.17, 15) is 0 Å². The predicted octanol–water partition coefficient (Wildman–Crippen LogP) is 5.82. The number of benzene rings is 3. The van der Waals surface area contributed by atoms with Crippen LogP contribution in [0, 0.1) is 0 Å². The van der Waals surface area contributed by atoms with Crippen LogP contribution in [0.25, 0.3) is 11.3 Å². The minimum atomic E-state index is 0.252. The zero-order valence-electron chi connectivity index (χ0n) is 15.7. The van der Waals surface area contributed by atoms with Crippen molar-refractivity contribution in [2.75, 3.05) is 6.79 Å². The summed E-state index contributed by atoms with van der Waals surface area (Å²) >= 11 is 5.10. The number of para-hydroxylation sites is 1. The summed E-state index contributed by atoms with van der Waals surface area (Å²) < 4.78 is 13.7. The molecule has 0 saturated carbocycles. The summed E-state index contributed by atoms with van der Waals surface area (Å²) in [6.45, 7) is 0.252. The fourth-order valence-electron chi connectivity index (χ4n) is 3.07. The Bertz CT molecular complexity index is 1300. The lowest BCUT2D eigenvalue weighted by atomic mass is 10.2. The molecular weight excluding hydrogens is 462 g/mol. The van der Waals surface area contributed by atoms with Crippen LogP contribution in [0.3, 0.4) is 0 Å². The van der Waals surface area contributed by atoms with Crippen molar-refractivity contribution in [3.05, 3.63) is 93.0 Å². The average Bonchev–Trinajstić information content (AvgIpc) is 3.39. The highest BCUT2D eigenvalue weighted by atomic mass is 79.9. The molecule has 2 heterocycles. The second-order valence-electron chi connectivity index (χ2n) is 6.53. The molecule has 5 nitrogen and oxygen atoms in total. The van der Waals surface area contributed by atoms with E-state index in [1.54, 1.807) is 17.6 Å². The Morgan fingerprint density at radius 1 is 0.933 bits per heavy atom. The van der Waals surface area contributed by atoms with Crippen LogP contribution in [0.5, 0.6) is 11.5 Å². The maximum atomic E-state index is 5.47. The van der Waals surface area contributed by atoms with Crippen LogP contribution in [0.1, 0.15) is 5.56 Å². The number of rotatable bonds is 4. The predicted molar refractivity (Wildman–Crippen MR) is 123 cm³/mol. The monoisotopic (exact) mass is 477 g/mol. The average molecular weight is 478 g/mol. The number of halogens is 1. The number of nitrogens with zero attached hydrogens (tertiary/aromatic N) is 3. The molecule has 1 aromatic heterocycles. The molecule has 0 spiro atoms. The molecule has 0 atom stereocenters. The molecule has 148 valence electrons. The summed E-state index contributed by atoms with van der Waals surface area (Å²) in [5.41, 5.74) is 3.82. The topological polar surface area (TPSA) is 48.1 Å². The molecule has 0 saturated heterocycles. The Morgan fingerprint density at radius 2 is 1.80 bits per heavy atom. The van der Waals surface area contributed by atoms with E-state index in [2.05, 4.69) is 33.4 Å². The van der Waals surface area contributed by atoms with Crippen molar-refractivity contribution in [1.29, 1.82) is 0 Å². The van der Waals surface area contributed by atoms with Gasteiger partial charge in [0, 0.05) is 15.4 Å². The van der Waals surface area contributed by atoms with Crippen LogP contribution in [0.2, 0.25) is 0 Å². The molecule has 0 fully saturated rings. The molecule has 0 unspecified atom stereocenters. The number of hydrogen-bond acceptors (Lipinski definition) is 5. The van der Waals surface area contributed by atoms with E-state index in [0.29, 0.717) is 0 Å². The molecule has 1 aliphatic heterocycles. The van der Waals surface area contributed by atoms with E-state index in [1.807, 2.05) is 65.3 Å². The van der Waals surface area contributed by atoms with E-state index in [0.717, 1.165) is 43.3 Å². The second kappa shape index (κ2) is 8.30. The Balaban J connectivity index is 1.60. The molecule has 5 rings (SSSR count). The van der Waals surface area contributed by atoms with Gasteiger partial charge in [-0.15, -0.1) is 11.3 Å². The molecule has 30 heavy (non-hydrogen) atoms. The molecule has 0 bridgehead atoms. The highest BCUT2D eigenvalue weighted by molar-refractivity contribution is 9.10. The van der Waals surface area contributed by atoms with Gasteiger partial charge in [0.15, 0.2) is 11.5 Å². The first-order valence-corrected chi connectivity index (χ1v) is 10.9. The van der Waals surface area contributed by atoms with Gasteiger partial charge in [-0.3, -0.25) is 0 Å².